The maximum atomic E-state index is 13.1. The number of aliphatic carboxylic acids is 2. The van der Waals surface area contributed by atoms with Crippen LogP contribution < -0.4 is 33.2 Å². The van der Waals surface area contributed by atoms with E-state index in [0.717, 1.165) is 0 Å². The molecule has 3 amide bonds. The third-order valence-electron chi connectivity index (χ3n) is 6.06. The van der Waals surface area contributed by atoms with E-state index >= 15 is 0 Å². The van der Waals surface area contributed by atoms with Crippen LogP contribution in [0.2, 0.25) is 0 Å². The molecule has 0 saturated carbocycles. The normalized spacial score (nSPS) is 13.9. The molecule has 0 spiro atoms. The molecular weight excluding hydrogens is 508 g/mol. The van der Waals surface area contributed by atoms with Crippen LogP contribution >= 0.6 is 0 Å². The van der Waals surface area contributed by atoms with Crippen molar-refractivity contribution in [3.05, 3.63) is 35.9 Å². The quantitative estimate of drug-likeness (QED) is 0.0941. The lowest BCUT2D eigenvalue weighted by Crippen LogP contribution is -2.57. The summed E-state index contributed by atoms with van der Waals surface area (Å²) in [5, 5.41) is 26.3. The van der Waals surface area contributed by atoms with Crippen LogP contribution in [0.1, 0.15) is 56.9 Å². The van der Waals surface area contributed by atoms with Crippen molar-refractivity contribution < 1.29 is 34.2 Å². The van der Waals surface area contributed by atoms with Crippen molar-refractivity contribution in [2.45, 2.75) is 82.0 Å². The van der Waals surface area contributed by atoms with Crippen LogP contribution in [-0.4, -0.2) is 77.1 Å². The Hall–Kier alpha value is -3.55. The van der Waals surface area contributed by atoms with Crippen molar-refractivity contribution in [2.24, 2.45) is 17.2 Å². The Morgan fingerprint density at radius 2 is 1.21 bits per heavy atom. The van der Waals surface area contributed by atoms with Crippen LogP contribution in [-0.2, 0) is 30.4 Å². The Balaban J connectivity index is 3.00. The van der Waals surface area contributed by atoms with Gasteiger partial charge in [0.25, 0.3) is 0 Å². The van der Waals surface area contributed by atoms with Crippen LogP contribution in [0.25, 0.3) is 0 Å². The zero-order chi connectivity index (χ0) is 29.2. The second kappa shape index (κ2) is 18.7. The van der Waals surface area contributed by atoms with Crippen LogP contribution in [0.15, 0.2) is 30.3 Å². The van der Waals surface area contributed by atoms with Crippen LogP contribution in [0.3, 0.4) is 0 Å². The second-order valence-corrected chi connectivity index (χ2v) is 9.32. The van der Waals surface area contributed by atoms with Crippen molar-refractivity contribution in [1.82, 2.24) is 16.0 Å². The van der Waals surface area contributed by atoms with Crippen molar-refractivity contribution in [2.75, 3.05) is 13.1 Å². The summed E-state index contributed by atoms with van der Waals surface area (Å²) in [6, 6.07) is 4.19. The third kappa shape index (κ3) is 13.7. The van der Waals surface area contributed by atoms with Gasteiger partial charge in [-0.15, -0.1) is 0 Å². The fourth-order valence-electron chi connectivity index (χ4n) is 3.81. The highest BCUT2D eigenvalue weighted by Gasteiger charge is 2.30. The van der Waals surface area contributed by atoms with E-state index in [0.29, 0.717) is 50.8 Å². The van der Waals surface area contributed by atoms with Gasteiger partial charge in [0.15, 0.2) is 0 Å². The number of carbonyl (C=O) groups is 5. The monoisotopic (exact) mass is 550 g/mol. The number of nitrogens with two attached hydrogens (primary N) is 3. The number of amides is 3. The van der Waals surface area contributed by atoms with E-state index in [1.54, 1.807) is 30.3 Å². The van der Waals surface area contributed by atoms with Gasteiger partial charge in [-0.2, -0.15) is 0 Å². The first-order valence-electron chi connectivity index (χ1n) is 13.1. The van der Waals surface area contributed by atoms with Gasteiger partial charge in [-0.3, -0.25) is 19.2 Å². The summed E-state index contributed by atoms with van der Waals surface area (Å²) < 4.78 is 0. The molecule has 1 rings (SSSR count). The fraction of sp³-hybridized carbons (Fsp3) is 0.577. The summed E-state index contributed by atoms with van der Waals surface area (Å²) in [5.41, 5.74) is 17.6. The molecular formula is C26H42N6O7. The van der Waals surface area contributed by atoms with Gasteiger partial charge in [0.1, 0.15) is 18.1 Å². The lowest BCUT2D eigenvalue weighted by molar-refractivity contribution is -0.142. The molecule has 0 radical (unpaired) electrons. The summed E-state index contributed by atoms with van der Waals surface area (Å²) in [4.78, 5) is 61.8. The van der Waals surface area contributed by atoms with Gasteiger partial charge in [0.2, 0.25) is 17.7 Å². The molecule has 0 aliphatic carbocycles. The molecule has 4 unspecified atom stereocenters. The second-order valence-electron chi connectivity index (χ2n) is 9.32. The first kappa shape index (κ1) is 33.5. The molecule has 0 bridgehead atoms. The van der Waals surface area contributed by atoms with Crippen molar-refractivity contribution in [3.8, 4) is 0 Å². The summed E-state index contributed by atoms with van der Waals surface area (Å²) in [7, 11) is 0. The highest BCUT2D eigenvalue weighted by atomic mass is 16.4. The number of carboxylic acids is 2. The van der Waals surface area contributed by atoms with Gasteiger partial charge >= 0.3 is 11.9 Å². The van der Waals surface area contributed by atoms with E-state index in [4.69, 9.17) is 22.3 Å². The zero-order valence-electron chi connectivity index (χ0n) is 22.1. The molecule has 1 aromatic rings. The summed E-state index contributed by atoms with van der Waals surface area (Å²) in [6.07, 6.45) is 2.17. The number of benzene rings is 1. The van der Waals surface area contributed by atoms with Gasteiger partial charge in [-0.05, 0) is 57.2 Å². The van der Waals surface area contributed by atoms with E-state index in [-0.39, 0.29) is 19.3 Å². The van der Waals surface area contributed by atoms with Crippen molar-refractivity contribution in [3.63, 3.8) is 0 Å². The standard InChI is InChI=1S/C26H42N6O7/c27-14-6-4-10-18(29)23(35)30-20(12-13-22(33)34)25(37)31-19(11-5-7-15-28)24(36)32-21(26(38)39)16-17-8-2-1-3-9-17/h1-3,8-9,18-21H,4-7,10-16,27-29H2,(H,30,35)(H,31,37)(H,32,36)(H,33,34)(H,38,39). The molecule has 0 aliphatic rings. The maximum Gasteiger partial charge on any atom is 0.326 e. The first-order chi connectivity index (χ1) is 18.6. The summed E-state index contributed by atoms with van der Waals surface area (Å²) in [5.74, 6) is -4.53. The van der Waals surface area contributed by atoms with E-state index in [1.165, 1.54) is 0 Å². The zero-order valence-corrected chi connectivity index (χ0v) is 22.1. The molecule has 0 heterocycles. The topological polar surface area (TPSA) is 240 Å². The van der Waals surface area contributed by atoms with Crippen molar-refractivity contribution >= 4 is 29.7 Å². The van der Waals surface area contributed by atoms with E-state index in [1.807, 2.05) is 0 Å². The molecule has 13 heteroatoms. The minimum Gasteiger partial charge on any atom is -0.481 e. The lowest BCUT2D eigenvalue weighted by Gasteiger charge is -2.25. The Labute approximate surface area is 228 Å². The molecule has 1 aromatic carbocycles. The molecule has 0 aliphatic heterocycles. The lowest BCUT2D eigenvalue weighted by atomic mass is 10.0. The van der Waals surface area contributed by atoms with Gasteiger partial charge in [0.05, 0.1) is 6.04 Å². The molecule has 39 heavy (non-hydrogen) atoms. The highest BCUT2D eigenvalue weighted by Crippen LogP contribution is 2.08. The van der Waals surface area contributed by atoms with Gasteiger partial charge in [0, 0.05) is 12.8 Å². The smallest absolute Gasteiger partial charge is 0.326 e. The van der Waals surface area contributed by atoms with E-state index in [2.05, 4.69) is 16.0 Å². The SMILES string of the molecule is NCCCCC(N)C(=O)NC(CCC(=O)O)C(=O)NC(CCCCN)C(=O)NC(Cc1ccccc1)C(=O)O. The fourth-order valence-corrected chi connectivity index (χ4v) is 3.81. The molecule has 0 saturated heterocycles. The van der Waals surface area contributed by atoms with Gasteiger partial charge in [-0.1, -0.05) is 36.8 Å². The van der Waals surface area contributed by atoms with E-state index < -0.39 is 60.2 Å². The molecule has 4 atom stereocenters. The summed E-state index contributed by atoms with van der Waals surface area (Å²) >= 11 is 0. The minimum atomic E-state index is -1.27. The van der Waals surface area contributed by atoms with Gasteiger partial charge < -0.3 is 43.4 Å². The highest BCUT2D eigenvalue weighted by molar-refractivity contribution is 5.94. The van der Waals surface area contributed by atoms with Crippen LogP contribution in [0.4, 0.5) is 0 Å². The predicted octanol–water partition coefficient (Wildman–Crippen LogP) is -0.782. The molecule has 0 fully saturated rings. The number of carbonyl (C=O) groups excluding carboxylic acids is 3. The van der Waals surface area contributed by atoms with Crippen LogP contribution in [0.5, 0.6) is 0 Å². The number of nitrogens with one attached hydrogen (secondary N) is 3. The number of rotatable bonds is 20. The molecule has 218 valence electrons. The molecule has 13 nitrogen and oxygen atoms in total. The minimum absolute atomic E-state index is 0.0325. The number of carboxylic acid groups (broad SMARTS) is 2. The van der Waals surface area contributed by atoms with Crippen LogP contribution in [0, 0.1) is 0 Å². The van der Waals surface area contributed by atoms with E-state index in [9.17, 15) is 29.1 Å². The number of hydrogen-bond acceptors (Lipinski definition) is 8. The Kier molecular flexibility index (Phi) is 16.0. The maximum absolute atomic E-state index is 13.1. The predicted molar refractivity (Wildman–Crippen MR) is 144 cm³/mol. The molecule has 0 aromatic heterocycles. The largest absolute Gasteiger partial charge is 0.481 e. The Morgan fingerprint density at radius 1 is 0.692 bits per heavy atom. The third-order valence-corrected chi connectivity index (χ3v) is 6.06. The summed E-state index contributed by atoms with van der Waals surface area (Å²) in [6.45, 7) is 0.799. The first-order valence-corrected chi connectivity index (χ1v) is 13.1. The number of hydrogen-bond donors (Lipinski definition) is 8. The van der Waals surface area contributed by atoms with Crippen molar-refractivity contribution in [1.29, 1.82) is 0 Å². The Bertz CT molecular complexity index is 931. The molecule has 11 N–H and O–H groups in total. The van der Waals surface area contributed by atoms with Gasteiger partial charge in [-0.25, -0.2) is 4.79 Å². The Morgan fingerprint density at radius 3 is 1.74 bits per heavy atom. The number of unbranched alkanes of at least 4 members (excludes halogenated alkanes) is 2. The average Bonchev–Trinajstić information content (AvgIpc) is 2.90. The average molecular weight is 551 g/mol.